The van der Waals surface area contributed by atoms with E-state index in [-0.39, 0.29) is 5.90 Å². The molecule has 0 saturated heterocycles. The second-order valence-corrected chi connectivity index (χ2v) is 2.97. The van der Waals surface area contributed by atoms with Crippen molar-refractivity contribution in [3.8, 4) is 0 Å². The maximum absolute atomic E-state index is 9.34. The molecule has 60 valence electrons. The molecule has 0 aliphatic heterocycles. The first-order valence-corrected chi connectivity index (χ1v) is 3.97. The van der Waals surface area contributed by atoms with Crippen molar-refractivity contribution in [2.75, 3.05) is 7.11 Å². The monoisotopic (exact) mass is 171 g/mol. The van der Waals surface area contributed by atoms with Crippen LogP contribution in [-0.2, 0) is 4.74 Å². The van der Waals surface area contributed by atoms with Crippen LogP contribution in [0.2, 0.25) is 0 Å². The molecule has 0 fully saturated rings. The van der Waals surface area contributed by atoms with Crippen molar-refractivity contribution in [1.82, 2.24) is 0 Å². The predicted octanol–water partition coefficient (Wildman–Crippen LogP) is 1.41. The number of ether oxygens (including phenoxy) is 1. The average molecular weight is 171 g/mol. The molecule has 11 heavy (non-hydrogen) atoms. The fourth-order valence-electron chi connectivity index (χ4n) is 0.688. The third kappa shape index (κ3) is 1.78. The molecule has 4 heteroatoms. The van der Waals surface area contributed by atoms with Crippen LogP contribution in [-0.4, -0.2) is 18.1 Å². The molecule has 1 aromatic heterocycles. The number of hydrogen-bond acceptors (Lipinski definition) is 4. The second-order valence-electron chi connectivity index (χ2n) is 1.99. The Morgan fingerprint density at radius 3 is 3.00 bits per heavy atom. The molecule has 0 aliphatic carbocycles. The summed E-state index contributed by atoms with van der Waals surface area (Å²) in [4.78, 5) is 0.733. The fraction of sp³-hybridized carbons (Fsp3) is 0.286. The zero-order valence-corrected chi connectivity index (χ0v) is 6.89. The highest BCUT2D eigenvalue weighted by Crippen LogP contribution is 2.19. The largest absolute Gasteiger partial charge is 0.482 e. The van der Waals surface area contributed by atoms with Crippen molar-refractivity contribution in [3.05, 3.63) is 22.4 Å². The Balaban J connectivity index is 2.70. The van der Waals surface area contributed by atoms with Gasteiger partial charge in [0.25, 0.3) is 0 Å². The quantitative estimate of drug-likeness (QED) is 0.522. The van der Waals surface area contributed by atoms with Crippen LogP contribution < -0.4 is 0 Å². The van der Waals surface area contributed by atoms with Gasteiger partial charge in [-0.05, 0) is 11.4 Å². The average Bonchev–Trinajstić information content (AvgIpc) is 2.53. The molecule has 0 aliphatic rings. The third-order valence-electron chi connectivity index (χ3n) is 1.28. The maximum atomic E-state index is 9.34. The Morgan fingerprint density at radius 1 is 1.82 bits per heavy atom. The van der Waals surface area contributed by atoms with Gasteiger partial charge in [-0.15, -0.1) is 11.3 Å². The van der Waals surface area contributed by atoms with E-state index in [0.29, 0.717) is 0 Å². The van der Waals surface area contributed by atoms with Crippen molar-refractivity contribution < 1.29 is 9.84 Å². The van der Waals surface area contributed by atoms with Gasteiger partial charge < -0.3 is 9.84 Å². The van der Waals surface area contributed by atoms with E-state index >= 15 is 0 Å². The van der Waals surface area contributed by atoms with E-state index in [0.717, 1.165) is 4.88 Å². The van der Waals surface area contributed by atoms with Gasteiger partial charge in [-0.3, -0.25) is 5.41 Å². The first-order chi connectivity index (χ1) is 5.25. The summed E-state index contributed by atoms with van der Waals surface area (Å²) in [5.74, 6) is -0.118. The van der Waals surface area contributed by atoms with Crippen molar-refractivity contribution in [2.45, 2.75) is 6.10 Å². The first-order valence-electron chi connectivity index (χ1n) is 3.09. The molecule has 1 heterocycles. The van der Waals surface area contributed by atoms with Gasteiger partial charge >= 0.3 is 0 Å². The summed E-state index contributed by atoms with van der Waals surface area (Å²) >= 11 is 1.40. The Morgan fingerprint density at radius 2 is 2.55 bits per heavy atom. The lowest BCUT2D eigenvalue weighted by Crippen LogP contribution is -2.10. The minimum absolute atomic E-state index is 0.118. The van der Waals surface area contributed by atoms with Crippen LogP contribution in [0.25, 0.3) is 0 Å². The summed E-state index contributed by atoms with van der Waals surface area (Å²) in [6.07, 6.45) is -0.903. The van der Waals surface area contributed by atoms with Gasteiger partial charge in [0.1, 0.15) is 0 Å². The number of hydrogen-bond donors (Lipinski definition) is 2. The lowest BCUT2D eigenvalue weighted by molar-refractivity contribution is 0.208. The second kappa shape index (κ2) is 3.50. The highest BCUT2D eigenvalue weighted by molar-refractivity contribution is 7.10. The standard InChI is InChI=1S/C7H9NO2S/c1-10-7(8)6(9)5-3-2-4-11-5/h2-4,6,8-9H,1H3. The third-order valence-corrected chi connectivity index (χ3v) is 2.21. The van der Waals surface area contributed by atoms with Crippen LogP contribution >= 0.6 is 11.3 Å². The highest BCUT2D eigenvalue weighted by Gasteiger charge is 2.14. The van der Waals surface area contributed by atoms with Crippen LogP contribution in [0, 0.1) is 5.41 Å². The van der Waals surface area contributed by atoms with Crippen LogP contribution in [0.3, 0.4) is 0 Å². The molecule has 1 unspecified atom stereocenters. The summed E-state index contributed by atoms with van der Waals surface area (Å²) in [7, 11) is 1.37. The van der Waals surface area contributed by atoms with E-state index in [1.807, 2.05) is 11.4 Å². The summed E-state index contributed by atoms with van der Waals surface area (Å²) in [5.41, 5.74) is 0. The van der Waals surface area contributed by atoms with Crippen LogP contribution in [0.15, 0.2) is 17.5 Å². The Kier molecular flexibility index (Phi) is 2.62. The molecule has 0 radical (unpaired) electrons. The Bertz CT molecular complexity index is 233. The zero-order chi connectivity index (χ0) is 8.27. The van der Waals surface area contributed by atoms with Gasteiger partial charge in [0, 0.05) is 4.88 Å². The summed E-state index contributed by atoms with van der Waals surface area (Å²) in [6.45, 7) is 0. The molecule has 3 nitrogen and oxygen atoms in total. The van der Waals surface area contributed by atoms with E-state index in [1.54, 1.807) is 6.07 Å². The number of methoxy groups -OCH3 is 1. The van der Waals surface area contributed by atoms with E-state index in [2.05, 4.69) is 4.74 Å². The molecule has 1 aromatic rings. The van der Waals surface area contributed by atoms with E-state index < -0.39 is 6.10 Å². The number of rotatable bonds is 2. The van der Waals surface area contributed by atoms with Crippen molar-refractivity contribution in [3.63, 3.8) is 0 Å². The molecule has 0 aromatic carbocycles. The normalized spacial score (nSPS) is 12.5. The Hall–Kier alpha value is -0.870. The van der Waals surface area contributed by atoms with Gasteiger partial charge in [0.2, 0.25) is 5.90 Å². The lowest BCUT2D eigenvalue weighted by Gasteiger charge is -2.07. The van der Waals surface area contributed by atoms with Gasteiger partial charge in [-0.2, -0.15) is 0 Å². The molecule has 1 atom stereocenters. The minimum Gasteiger partial charge on any atom is -0.482 e. The van der Waals surface area contributed by atoms with Gasteiger partial charge in [-0.1, -0.05) is 6.07 Å². The van der Waals surface area contributed by atoms with Crippen LogP contribution in [0.4, 0.5) is 0 Å². The first kappa shape index (κ1) is 8.23. The summed E-state index contributed by atoms with van der Waals surface area (Å²) in [6, 6.07) is 3.59. The summed E-state index contributed by atoms with van der Waals surface area (Å²) < 4.78 is 4.58. The van der Waals surface area contributed by atoms with E-state index in [9.17, 15) is 5.11 Å². The van der Waals surface area contributed by atoms with Crippen molar-refractivity contribution >= 4 is 17.2 Å². The number of aliphatic hydroxyl groups is 1. The number of aliphatic hydroxyl groups excluding tert-OH is 1. The topological polar surface area (TPSA) is 53.3 Å². The molecule has 0 saturated carbocycles. The summed E-state index contributed by atoms with van der Waals surface area (Å²) in [5, 5.41) is 18.3. The number of nitrogens with one attached hydrogen (secondary N) is 1. The van der Waals surface area contributed by atoms with Gasteiger partial charge in [-0.25, -0.2) is 0 Å². The van der Waals surface area contributed by atoms with Crippen LogP contribution in [0.5, 0.6) is 0 Å². The van der Waals surface area contributed by atoms with E-state index in [1.165, 1.54) is 18.4 Å². The molecular formula is C7H9NO2S. The Labute approximate surface area is 68.8 Å². The molecule has 0 amide bonds. The molecular weight excluding hydrogens is 162 g/mol. The fourth-order valence-corrected chi connectivity index (χ4v) is 1.40. The molecule has 2 N–H and O–H groups in total. The lowest BCUT2D eigenvalue weighted by atomic mass is 10.3. The molecule has 0 spiro atoms. The smallest absolute Gasteiger partial charge is 0.215 e. The van der Waals surface area contributed by atoms with Gasteiger partial charge in [0.15, 0.2) is 6.10 Å². The maximum Gasteiger partial charge on any atom is 0.215 e. The minimum atomic E-state index is -0.903. The van der Waals surface area contributed by atoms with E-state index in [4.69, 9.17) is 5.41 Å². The van der Waals surface area contributed by atoms with Crippen LogP contribution in [0.1, 0.15) is 11.0 Å². The zero-order valence-electron chi connectivity index (χ0n) is 6.07. The molecule has 1 rings (SSSR count). The molecule has 0 bridgehead atoms. The van der Waals surface area contributed by atoms with Gasteiger partial charge in [0.05, 0.1) is 7.11 Å². The highest BCUT2D eigenvalue weighted by atomic mass is 32.1. The number of thiophene rings is 1. The van der Waals surface area contributed by atoms with Crippen molar-refractivity contribution in [1.29, 1.82) is 5.41 Å². The SMILES string of the molecule is COC(=N)C(O)c1cccs1. The predicted molar refractivity (Wildman–Crippen MR) is 44.0 cm³/mol. The van der Waals surface area contributed by atoms with Crippen molar-refractivity contribution in [2.24, 2.45) is 0 Å².